The topological polar surface area (TPSA) is 39.9 Å². The summed E-state index contributed by atoms with van der Waals surface area (Å²) in [6.07, 6.45) is 8.34. The van der Waals surface area contributed by atoms with Gasteiger partial charge in [0.2, 0.25) is 0 Å². The van der Waals surface area contributed by atoms with Crippen molar-refractivity contribution in [3.63, 3.8) is 0 Å². The van der Waals surface area contributed by atoms with Crippen LogP contribution in [0.1, 0.15) is 5.56 Å². The summed E-state index contributed by atoms with van der Waals surface area (Å²) in [5, 5.41) is 8.77. The van der Waals surface area contributed by atoms with E-state index in [1.54, 1.807) is 12.3 Å². The summed E-state index contributed by atoms with van der Waals surface area (Å²) in [4.78, 5) is 5.69. The quantitative estimate of drug-likeness (QED) is 0.624. The van der Waals surface area contributed by atoms with Crippen LogP contribution in [0.25, 0.3) is 0 Å². The summed E-state index contributed by atoms with van der Waals surface area (Å²) in [6.45, 7) is 0.485. The van der Waals surface area contributed by atoms with Gasteiger partial charge in [-0.15, -0.1) is 6.42 Å². The maximum Gasteiger partial charge on any atom is 0.103 e. The summed E-state index contributed by atoms with van der Waals surface area (Å²) in [6, 6.07) is 3.84. The van der Waals surface area contributed by atoms with Gasteiger partial charge < -0.3 is 4.90 Å². The van der Waals surface area contributed by atoms with Gasteiger partial charge in [0, 0.05) is 19.4 Å². The molecule has 0 saturated heterocycles. The molecule has 0 N–H and O–H groups in total. The molecule has 0 aliphatic rings. The van der Waals surface area contributed by atoms with E-state index >= 15 is 0 Å². The van der Waals surface area contributed by atoms with Gasteiger partial charge in [-0.05, 0) is 6.07 Å². The van der Waals surface area contributed by atoms with Crippen molar-refractivity contribution >= 4 is 5.69 Å². The van der Waals surface area contributed by atoms with Crippen molar-refractivity contribution in [3.05, 3.63) is 24.0 Å². The molecule has 3 nitrogen and oxygen atoms in total. The van der Waals surface area contributed by atoms with Gasteiger partial charge in [-0.3, -0.25) is 4.98 Å². The predicted octanol–water partition coefficient (Wildman–Crippen LogP) is 1.02. The number of aromatic nitrogens is 1. The van der Waals surface area contributed by atoms with E-state index in [0.29, 0.717) is 12.1 Å². The fourth-order valence-electron chi connectivity index (χ4n) is 1.03. The SMILES string of the molecule is C#CCN(C)c1ccncc1C#N. The molecule has 1 rings (SSSR count). The molecule has 1 aromatic rings. The number of anilines is 1. The average Bonchev–Trinajstić information content (AvgIpc) is 2.18. The van der Waals surface area contributed by atoms with Gasteiger partial charge in [0.25, 0.3) is 0 Å². The van der Waals surface area contributed by atoms with Crippen LogP contribution in [0.4, 0.5) is 5.69 Å². The zero-order chi connectivity index (χ0) is 9.68. The summed E-state index contributed by atoms with van der Waals surface area (Å²) < 4.78 is 0. The van der Waals surface area contributed by atoms with Gasteiger partial charge in [0.1, 0.15) is 6.07 Å². The minimum atomic E-state index is 0.485. The third-order valence-electron chi connectivity index (χ3n) is 1.66. The third kappa shape index (κ3) is 1.98. The predicted molar refractivity (Wildman–Crippen MR) is 51.1 cm³/mol. The van der Waals surface area contributed by atoms with E-state index in [1.165, 1.54) is 6.20 Å². The normalized spacial score (nSPS) is 8.54. The monoisotopic (exact) mass is 171 g/mol. The van der Waals surface area contributed by atoms with E-state index in [2.05, 4.69) is 17.0 Å². The molecule has 0 unspecified atom stereocenters. The number of hydrogen-bond acceptors (Lipinski definition) is 3. The molecular formula is C10H9N3. The van der Waals surface area contributed by atoms with Crippen molar-refractivity contribution in [2.75, 3.05) is 18.5 Å². The Balaban J connectivity index is 3.02. The second-order valence-corrected chi connectivity index (χ2v) is 2.56. The van der Waals surface area contributed by atoms with Crippen molar-refractivity contribution in [1.82, 2.24) is 4.98 Å². The fraction of sp³-hybridized carbons (Fsp3) is 0.200. The van der Waals surface area contributed by atoms with E-state index in [4.69, 9.17) is 11.7 Å². The first-order chi connectivity index (χ1) is 6.29. The minimum Gasteiger partial charge on any atom is -0.362 e. The van der Waals surface area contributed by atoms with Crippen LogP contribution >= 0.6 is 0 Å². The Bertz CT molecular complexity index is 370. The smallest absolute Gasteiger partial charge is 0.103 e. The van der Waals surface area contributed by atoms with Crippen LogP contribution in [0.2, 0.25) is 0 Å². The first-order valence-electron chi connectivity index (χ1n) is 3.78. The van der Waals surface area contributed by atoms with Crippen molar-refractivity contribution in [2.45, 2.75) is 0 Å². The highest BCUT2D eigenvalue weighted by molar-refractivity contribution is 5.57. The summed E-state index contributed by atoms with van der Waals surface area (Å²) in [5.41, 5.74) is 1.36. The van der Waals surface area contributed by atoms with Gasteiger partial charge in [0.15, 0.2) is 0 Å². The second kappa shape index (κ2) is 4.13. The number of nitrogens with zero attached hydrogens (tertiary/aromatic N) is 3. The van der Waals surface area contributed by atoms with Crippen LogP contribution in [-0.4, -0.2) is 18.6 Å². The Hall–Kier alpha value is -2.00. The average molecular weight is 171 g/mol. The van der Waals surface area contributed by atoms with Gasteiger partial charge in [-0.2, -0.15) is 5.26 Å². The van der Waals surface area contributed by atoms with E-state index in [9.17, 15) is 0 Å². The first-order valence-corrected chi connectivity index (χ1v) is 3.78. The molecule has 0 radical (unpaired) electrons. The van der Waals surface area contributed by atoms with Crippen LogP contribution in [0.5, 0.6) is 0 Å². The molecule has 3 heteroatoms. The lowest BCUT2D eigenvalue weighted by Crippen LogP contribution is -2.18. The largest absolute Gasteiger partial charge is 0.362 e. The standard InChI is InChI=1S/C10H9N3/c1-3-6-13(2)10-4-5-12-8-9(10)7-11/h1,4-5,8H,6H2,2H3. The highest BCUT2D eigenvalue weighted by atomic mass is 15.1. The number of nitriles is 1. The van der Waals surface area contributed by atoms with E-state index in [0.717, 1.165) is 5.69 Å². The summed E-state index contributed by atoms with van der Waals surface area (Å²) in [7, 11) is 1.84. The molecule has 13 heavy (non-hydrogen) atoms. The number of rotatable bonds is 2. The molecular weight excluding hydrogens is 162 g/mol. The van der Waals surface area contributed by atoms with Gasteiger partial charge in [0.05, 0.1) is 17.8 Å². The lowest BCUT2D eigenvalue weighted by molar-refractivity contribution is 1.04. The molecule has 0 fully saturated rings. The molecule has 1 heterocycles. The Morgan fingerprint density at radius 1 is 1.69 bits per heavy atom. The number of terminal acetylenes is 1. The zero-order valence-corrected chi connectivity index (χ0v) is 7.36. The highest BCUT2D eigenvalue weighted by Crippen LogP contribution is 2.15. The van der Waals surface area contributed by atoms with Gasteiger partial charge in [-0.1, -0.05) is 5.92 Å². The number of hydrogen-bond donors (Lipinski definition) is 0. The van der Waals surface area contributed by atoms with Gasteiger partial charge >= 0.3 is 0 Å². The molecule has 0 aliphatic heterocycles. The van der Waals surface area contributed by atoms with Crippen LogP contribution in [0.15, 0.2) is 18.5 Å². The molecule has 64 valence electrons. The molecule has 0 aliphatic carbocycles. The lowest BCUT2D eigenvalue weighted by Gasteiger charge is -2.16. The maximum atomic E-state index is 8.77. The van der Waals surface area contributed by atoms with Crippen LogP contribution in [0, 0.1) is 23.7 Å². The highest BCUT2D eigenvalue weighted by Gasteiger charge is 2.04. The van der Waals surface area contributed by atoms with Crippen LogP contribution in [0.3, 0.4) is 0 Å². The zero-order valence-electron chi connectivity index (χ0n) is 7.36. The molecule has 0 saturated carbocycles. The first kappa shape index (κ1) is 9.09. The van der Waals surface area contributed by atoms with E-state index < -0.39 is 0 Å². The molecule has 0 bridgehead atoms. The molecule has 1 aromatic heterocycles. The van der Waals surface area contributed by atoms with Crippen molar-refractivity contribution in [2.24, 2.45) is 0 Å². The van der Waals surface area contributed by atoms with E-state index in [1.807, 2.05) is 11.9 Å². The minimum absolute atomic E-state index is 0.485. The number of pyridine rings is 1. The Morgan fingerprint density at radius 3 is 3.08 bits per heavy atom. The summed E-state index contributed by atoms with van der Waals surface area (Å²) >= 11 is 0. The van der Waals surface area contributed by atoms with E-state index in [-0.39, 0.29) is 0 Å². The van der Waals surface area contributed by atoms with Crippen molar-refractivity contribution < 1.29 is 0 Å². The van der Waals surface area contributed by atoms with Crippen LogP contribution in [-0.2, 0) is 0 Å². The molecule has 0 aromatic carbocycles. The molecule has 0 atom stereocenters. The molecule has 0 amide bonds. The van der Waals surface area contributed by atoms with Gasteiger partial charge in [-0.25, -0.2) is 0 Å². The Kier molecular flexibility index (Phi) is 2.89. The fourth-order valence-corrected chi connectivity index (χ4v) is 1.03. The third-order valence-corrected chi connectivity index (χ3v) is 1.66. The molecule has 0 spiro atoms. The lowest BCUT2D eigenvalue weighted by atomic mass is 10.2. The Labute approximate surface area is 77.6 Å². The maximum absolute atomic E-state index is 8.77. The Morgan fingerprint density at radius 2 is 2.46 bits per heavy atom. The van der Waals surface area contributed by atoms with Crippen LogP contribution < -0.4 is 4.90 Å². The summed E-state index contributed by atoms with van der Waals surface area (Å²) in [5.74, 6) is 2.51. The van der Waals surface area contributed by atoms with Crippen molar-refractivity contribution in [1.29, 1.82) is 5.26 Å². The second-order valence-electron chi connectivity index (χ2n) is 2.56. The van der Waals surface area contributed by atoms with Crippen molar-refractivity contribution in [3.8, 4) is 18.4 Å².